The molecule has 1 saturated heterocycles. The number of hydrogen-bond donors (Lipinski definition) is 1. The summed E-state index contributed by atoms with van der Waals surface area (Å²) in [5.41, 5.74) is 0.927. The summed E-state index contributed by atoms with van der Waals surface area (Å²) in [6, 6.07) is 1.92. The van der Waals surface area contributed by atoms with Gasteiger partial charge in [0.2, 0.25) is 11.8 Å². The van der Waals surface area contributed by atoms with Crippen LogP contribution < -0.4 is 5.32 Å². The van der Waals surface area contributed by atoms with Crippen molar-refractivity contribution >= 4 is 11.8 Å². The first-order valence-corrected chi connectivity index (χ1v) is 10.5. The average Bonchev–Trinajstić information content (AvgIpc) is 3.09. The Kier molecular flexibility index (Phi) is 6.91. The fourth-order valence-electron chi connectivity index (χ4n) is 4.26. The summed E-state index contributed by atoms with van der Waals surface area (Å²) >= 11 is 0. The molecule has 2 heterocycles. The molecule has 0 spiro atoms. The molecule has 1 aliphatic heterocycles. The van der Waals surface area contributed by atoms with Crippen LogP contribution in [0, 0.1) is 17.8 Å². The van der Waals surface area contributed by atoms with E-state index in [4.69, 9.17) is 4.52 Å². The van der Waals surface area contributed by atoms with E-state index in [-0.39, 0.29) is 17.7 Å². The Morgan fingerprint density at radius 3 is 2.81 bits per heavy atom. The molecule has 0 radical (unpaired) electrons. The van der Waals surface area contributed by atoms with Crippen molar-refractivity contribution in [2.24, 2.45) is 17.8 Å². The molecule has 6 heteroatoms. The third-order valence-corrected chi connectivity index (χ3v) is 5.74. The van der Waals surface area contributed by atoms with Crippen LogP contribution in [0.1, 0.15) is 70.2 Å². The molecule has 1 atom stereocenters. The Hall–Kier alpha value is -1.85. The number of rotatable bonds is 7. The van der Waals surface area contributed by atoms with Crippen molar-refractivity contribution in [3.05, 3.63) is 17.5 Å². The van der Waals surface area contributed by atoms with Gasteiger partial charge in [-0.25, -0.2) is 0 Å². The zero-order valence-electron chi connectivity index (χ0n) is 16.7. The van der Waals surface area contributed by atoms with Crippen molar-refractivity contribution in [1.82, 2.24) is 15.4 Å². The average molecular weight is 376 g/mol. The van der Waals surface area contributed by atoms with Gasteiger partial charge in [-0.15, -0.1) is 0 Å². The number of amides is 2. The molecule has 2 fully saturated rings. The van der Waals surface area contributed by atoms with Crippen LogP contribution in [0.25, 0.3) is 0 Å². The summed E-state index contributed by atoms with van der Waals surface area (Å²) in [5.74, 6) is 1.91. The predicted molar refractivity (Wildman–Crippen MR) is 103 cm³/mol. The second-order valence-electron chi connectivity index (χ2n) is 8.64. The minimum atomic E-state index is -0.121. The molecule has 1 aromatic heterocycles. The lowest BCUT2D eigenvalue weighted by molar-refractivity contribution is -0.139. The largest absolute Gasteiger partial charge is 0.359 e. The summed E-state index contributed by atoms with van der Waals surface area (Å²) in [5, 5.41) is 7.02. The Morgan fingerprint density at radius 2 is 2.07 bits per heavy atom. The van der Waals surface area contributed by atoms with Crippen molar-refractivity contribution in [3.8, 4) is 0 Å². The maximum atomic E-state index is 12.6. The standard InChI is InChI=1S/C21H33N3O3/c1-15(2)10-18-11-19(27-23-18)12-22-21(26)17-8-9-20(25)24(14-17)13-16-6-4-3-5-7-16/h11,15-17H,3-10,12-14H2,1-2H3,(H,22,26). The van der Waals surface area contributed by atoms with E-state index >= 15 is 0 Å². The van der Waals surface area contributed by atoms with Crippen LogP contribution in [0.15, 0.2) is 10.6 Å². The van der Waals surface area contributed by atoms with Crippen LogP contribution in [0.4, 0.5) is 0 Å². The van der Waals surface area contributed by atoms with E-state index in [2.05, 4.69) is 24.3 Å². The van der Waals surface area contributed by atoms with Gasteiger partial charge in [0.05, 0.1) is 18.2 Å². The monoisotopic (exact) mass is 375 g/mol. The van der Waals surface area contributed by atoms with E-state index in [1.54, 1.807) is 0 Å². The highest BCUT2D eigenvalue weighted by molar-refractivity contribution is 5.83. The Balaban J connectivity index is 1.47. The molecular formula is C21H33N3O3. The Labute approximate surface area is 162 Å². The van der Waals surface area contributed by atoms with E-state index in [9.17, 15) is 9.59 Å². The van der Waals surface area contributed by atoms with Gasteiger partial charge in [0.1, 0.15) is 0 Å². The van der Waals surface area contributed by atoms with Gasteiger partial charge < -0.3 is 14.7 Å². The molecule has 0 bridgehead atoms. The van der Waals surface area contributed by atoms with Crippen molar-refractivity contribution in [2.75, 3.05) is 13.1 Å². The maximum Gasteiger partial charge on any atom is 0.225 e. The van der Waals surface area contributed by atoms with Gasteiger partial charge in [-0.2, -0.15) is 0 Å². The Bertz CT molecular complexity index is 634. The molecule has 150 valence electrons. The molecule has 1 aliphatic carbocycles. The quantitative estimate of drug-likeness (QED) is 0.793. The number of nitrogens with zero attached hydrogens (tertiary/aromatic N) is 2. The fraction of sp³-hybridized carbons (Fsp3) is 0.762. The van der Waals surface area contributed by atoms with Gasteiger partial charge >= 0.3 is 0 Å². The third kappa shape index (κ3) is 5.81. The number of carbonyl (C=O) groups is 2. The fourth-order valence-corrected chi connectivity index (χ4v) is 4.26. The first-order valence-electron chi connectivity index (χ1n) is 10.5. The van der Waals surface area contributed by atoms with Gasteiger partial charge in [0.25, 0.3) is 0 Å². The van der Waals surface area contributed by atoms with Gasteiger partial charge in [-0.05, 0) is 37.5 Å². The zero-order chi connectivity index (χ0) is 19.2. The SMILES string of the molecule is CC(C)Cc1cc(CNC(=O)C2CCC(=O)N(CC3CCCCC3)C2)on1. The van der Waals surface area contributed by atoms with E-state index in [1.807, 2.05) is 11.0 Å². The van der Waals surface area contributed by atoms with Gasteiger partial charge in [-0.1, -0.05) is 38.3 Å². The van der Waals surface area contributed by atoms with Crippen molar-refractivity contribution in [1.29, 1.82) is 0 Å². The van der Waals surface area contributed by atoms with Crippen LogP contribution in [0.3, 0.4) is 0 Å². The van der Waals surface area contributed by atoms with Gasteiger partial charge in [-0.3, -0.25) is 9.59 Å². The van der Waals surface area contributed by atoms with Crippen LogP contribution in [-0.2, 0) is 22.6 Å². The van der Waals surface area contributed by atoms with E-state index < -0.39 is 0 Å². The summed E-state index contributed by atoms with van der Waals surface area (Å²) in [6.45, 7) is 6.01. The number of nitrogens with one attached hydrogen (secondary N) is 1. The topological polar surface area (TPSA) is 75.4 Å². The highest BCUT2D eigenvalue weighted by Crippen LogP contribution is 2.27. The first kappa shape index (κ1) is 19.9. The molecule has 3 rings (SSSR count). The van der Waals surface area contributed by atoms with Gasteiger partial charge in [0.15, 0.2) is 5.76 Å². The van der Waals surface area contributed by atoms with Crippen LogP contribution in [-0.4, -0.2) is 35.0 Å². The molecule has 27 heavy (non-hydrogen) atoms. The third-order valence-electron chi connectivity index (χ3n) is 5.74. The van der Waals surface area contributed by atoms with Crippen LogP contribution in [0.2, 0.25) is 0 Å². The predicted octanol–water partition coefficient (Wildman–Crippen LogP) is 3.31. The molecule has 1 N–H and O–H groups in total. The van der Waals surface area contributed by atoms with Crippen molar-refractivity contribution < 1.29 is 14.1 Å². The smallest absolute Gasteiger partial charge is 0.225 e. The van der Waals surface area contributed by atoms with Crippen molar-refractivity contribution in [2.45, 2.75) is 71.8 Å². The second kappa shape index (κ2) is 9.38. The van der Waals surface area contributed by atoms with Crippen LogP contribution >= 0.6 is 0 Å². The molecule has 1 saturated carbocycles. The minimum absolute atomic E-state index is 0.0120. The summed E-state index contributed by atoms with van der Waals surface area (Å²) in [6.07, 6.45) is 8.27. The lowest BCUT2D eigenvalue weighted by Crippen LogP contribution is -2.47. The molecule has 6 nitrogen and oxygen atoms in total. The molecule has 1 aromatic rings. The van der Waals surface area contributed by atoms with E-state index in [0.717, 1.165) is 18.7 Å². The van der Waals surface area contributed by atoms with Crippen molar-refractivity contribution in [3.63, 3.8) is 0 Å². The summed E-state index contributed by atoms with van der Waals surface area (Å²) in [7, 11) is 0. The Morgan fingerprint density at radius 1 is 1.30 bits per heavy atom. The maximum absolute atomic E-state index is 12.6. The normalized spacial score (nSPS) is 21.7. The molecule has 2 aliphatic rings. The summed E-state index contributed by atoms with van der Waals surface area (Å²) in [4.78, 5) is 26.8. The second-order valence-corrected chi connectivity index (χ2v) is 8.64. The van der Waals surface area contributed by atoms with E-state index in [1.165, 1.54) is 32.1 Å². The number of aromatic nitrogens is 1. The lowest BCUT2D eigenvalue weighted by atomic mass is 9.87. The number of likely N-dealkylation sites (tertiary alicyclic amines) is 1. The molecular weight excluding hydrogens is 342 g/mol. The summed E-state index contributed by atoms with van der Waals surface area (Å²) < 4.78 is 5.31. The molecule has 2 amide bonds. The first-order chi connectivity index (χ1) is 13.0. The minimum Gasteiger partial charge on any atom is -0.359 e. The molecule has 0 aromatic carbocycles. The number of carbonyl (C=O) groups excluding carboxylic acids is 2. The molecule has 1 unspecified atom stereocenters. The highest BCUT2D eigenvalue weighted by atomic mass is 16.5. The number of hydrogen-bond acceptors (Lipinski definition) is 4. The zero-order valence-corrected chi connectivity index (χ0v) is 16.7. The lowest BCUT2D eigenvalue weighted by Gasteiger charge is -2.35. The van der Waals surface area contributed by atoms with Crippen LogP contribution in [0.5, 0.6) is 0 Å². The number of piperidine rings is 1. The van der Waals surface area contributed by atoms with E-state index in [0.29, 0.717) is 43.5 Å². The highest BCUT2D eigenvalue weighted by Gasteiger charge is 2.31. The van der Waals surface area contributed by atoms with Gasteiger partial charge in [0, 0.05) is 25.6 Å².